The summed E-state index contributed by atoms with van der Waals surface area (Å²) in [4.78, 5) is 25.9. The van der Waals surface area contributed by atoms with Crippen molar-refractivity contribution in [2.75, 3.05) is 32.7 Å². The highest BCUT2D eigenvalue weighted by Crippen LogP contribution is 2.30. The molecule has 1 aliphatic rings. The van der Waals surface area contributed by atoms with Gasteiger partial charge in [0.05, 0.1) is 4.92 Å². The van der Waals surface area contributed by atoms with Crippen LogP contribution >= 0.6 is 11.3 Å². The maximum Gasteiger partial charge on any atom is 0.322 e. The van der Waals surface area contributed by atoms with E-state index in [2.05, 4.69) is 22.3 Å². The fourth-order valence-corrected chi connectivity index (χ4v) is 7.04. The van der Waals surface area contributed by atoms with Crippen molar-refractivity contribution < 1.29 is 18.1 Å². The molecule has 0 spiro atoms. The first-order valence-electron chi connectivity index (χ1n) is 11.7. The molecule has 190 valence electrons. The first-order valence-corrected chi connectivity index (χ1v) is 14.0. The van der Waals surface area contributed by atoms with Gasteiger partial charge in [0.25, 0.3) is 15.9 Å². The van der Waals surface area contributed by atoms with Crippen LogP contribution in [-0.4, -0.2) is 61.2 Å². The van der Waals surface area contributed by atoms with Crippen molar-refractivity contribution in [3.63, 3.8) is 0 Å². The summed E-state index contributed by atoms with van der Waals surface area (Å²) in [5, 5.41) is 14.1. The number of amides is 1. The van der Waals surface area contributed by atoms with Gasteiger partial charge in [-0.25, -0.2) is 8.42 Å². The maximum atomic E-state index is 13.2. The lowest BCUT2D eigenvalue weighted by molar-refractivity contribution is -0.532. The normalized spacial score (nSPS) is 15.9. The minimum atomic E-state index is -3.78. The molecule has 0 radical (unpaired) electrons. The minimum absolute atomic E-state index is 0.0378. The molecule has 2 aromatic carbocycles. The third-order valence-corrected chi connectivity index (χ3v) is 9.60. The molecule has 1 saturated heterocycles. The number of benzene rings is 2. The number of aryl methyl sites for hydroxylation is 1. The lowest BCUT2D eigenvalue weighted by atomic mass is 10.1. The molecular formula is C25H28N4O5S2. The predicted octanol–water partition coefficient (Wildman–Crippen LogP) is 3.39. The van der Waals surface area contributed by atoms with Crippen LogP contribution in [0.3, 0.4) is 0 Å². The summed E-state index contributed by atoms with van der Waals surface area (Å²) < 4.78 is 27.9. The molecule has 1 unspecified atom stereocenters. The van der Waals surface area contributed by atoms with Crippen LogP contribution in [-0.2, 0) is 16.4 Å². The number of nitro groups is 1. The maximum absolute atomic E-state index is 13.2. The largest absolute Gasteiger partial charge is 0.322 e. The van der Waals surface area contributed by atoms with Gasteiger partial charge in [-0.3, -0.25) is 20.2 Å². The van der Waals surface area contributed by atoms with Crippen LogP contribution in [0.2, 0.25) is 0 Å². The summed E-state index contributed by atoms with van der Waals surface area (Å²) in [6, 6.07) is 21.2. The van der Waals surface area contributed by atoms with Gasteiger partial charge >= 0.3 is 6.17 Å². The summed E-state index contributed by atoms with van der Waals surface area (Å²) in [5.74, 6) is -0.599. The van der Waals surface area contributed by atoms with Crippen molar-refractivity contribution >= 4 is 27.3 Å². The summed E-state index contributed by atoms with van der Waals surface area (Å²) in [5.41, 5.74) is 1.58. The Morgan fingerprint density at radius 2 is 1.61 bits per heavy atom. The number of rotatable bonds is 10. The van der Waals surface area contributed by atoms with E-state index in [1.165, 1.54) is 22.0 Å². The molecule has 1 amide bonds. The number of sulfonamides is 1. The summed E-state index contributed by atoms with van der Waals surface area (Å²) in [6.07, 6.45) is 0.450. The van der Waals surface area contributed by atoms with Crippen LogP contribution in [0.15, 0.2) is 77.0 Å². The van der Waals surface area contributed by atoms with Crippen LogP contribution in [0.4, 0.5) is 0 Å². The third-order valence-electron chi connectivity index (χ3n) is 6.09. The molecule has 2 heterocycles. The van der Waals surface area contributed by atoms with Gasteiger partial charge in [-0.2, -0.15) is 4.31 Å². The van der Waals surface area contributed by atoms with E-state index in [0.29, 0.717) is 26.2 Å². The van der Waals surface area contributed by atoms with E-state index in [1.807, 2.05) is 18.2 Å². The van der Waals surface area contributed by atoms with Gasteiger partial charge in [0, 0.05) is 31.7 Å². The van der Waals surface area contributed by atoms with Crippen LogP contribution in [0, 0.1) is 10.1 Å². The Hall–Kier alpha value is -3.12. The number of hydrogen-bond donors (Lipinski definition) is 1. The van der Waals surface area contributed by atoms with E-state index in [9.17, 15) is 23.3 Å². The zero-order valence-corrected chi connectivity index (χ0v) is 21.3. The van der Waals surface area contributed by atoms with Gasteiger partial charge in [0.15, 0.2) is 0 Å². The number of piperazine rings is 1. The van der Waals surface area contributed by atoms with Gasteiger partial charge in [-0.15, -0.1) is 11.3 Å². The van der Waals surface area contributed by atoms with Gasteiger partial charge in [-0.05, 0) is 49.2 Å². The molecule has 1 N–H and O–H groups in total. The molecular weight excluding hydrogens is 500 g/mol. The fraction of sp³-hybridized carbons (Fsp3) is 0.320. The minimum Gasteiger partial charge on any atom is -0.301 e. The lowest BCUT2D eigenvalue weighted by Crippen LogP contribution is -2.48. The highest BCUT2D eigenvalue weighted by Gasteiger charge is 2.33. The van der Waals surface area contributed by atoms with E-state index in [-0.39, 0.29) is 14.6 Å². The molecule has 1 aromatic heterocycles. The van der Waals surface area contributed by atoms with Crippen molar-refractivity contribution in [3.8, 4) is 0 Å². The first-order chi connectivity index (χ1) is 17.3. The highest BCUT2D eigenvalue weighted by atomic mass is 32.2. The Bertz CT molecular complexity index is 1270. The number of thiophene rings is 1. The second-order valence-corrected chi connectivity index (χ2v) is 11.8. The standard InChI is InChI=1S/C25H28N4O5S2/c30-25(21-11-5-2-6-12-21)26-24(29(31)32)22-13-14-23(35-22)36(33,34)28-18-16-27(17-19-28)15-7-10-20-8-3-1-4-9-20/h1-6,8-9,11-14,24H,7,10,15-19H2,(H,26,30). The number of nitrogens with one attached hydrogen (secondary N) is 1. The topological polar surface area (TPSA) is 113 Å². The molecule has 36 heavy (non-hydrogen) atoms. The van der Waals surface area contributed by atoms with E-state index in [1.54, 1.807) is 30.3 Å². The lowest BCUT2D eigenvalue weighted by Gasteiger charge is -2.33. The number of hydrogen-bond acceptors (Lipinski definition) is 7. The van der Waals surface area contributed by atoms with Gasteiger partial charge in [-0.1, -0.05) is 48.5 Å². The van der Waals surface area contributed by atoms with Crippen molar-refractivity contribution in [2.24, 2.45) is 0 Å². The van der Waals surface area contributed by atoms with E-state index in [4.69, 9.17) is 0 Å². The Kier molecular flexibility index (Phi) is 8.47. The molecule has 4 rings (SSSR count). The highest BCUT2D eigenvalue weighted by molar-refractivity contribution is 7.91. The molecule has 0 aliphatic carbocycles. The van der Waals surface area contributed by atoms with Crippen LogP contribution in [0.5, 0.6) is 0 Å². The van der Waals surface area contributed by atoms with Crippen molar-refractivity contribution in [1.29, 1.82) is 0 Å². The van der Waals surface area contributed by atoms with Crippen molar-refractivity contribution in [2.45, 2.75) is 23.2 Å². The molecule has 11 heteroatoms. The molecule has 0 bridgehead atoms. The van der Waals surface area contributed by atoms with Crippen molar-refractivity contribution in [3.05, 3.63) is 98.9 Å². The van der Waals surface area contributed by atoms with E-state index >= 15 is 0 Å². The first kappa shape index (κ1) is 26.0. The Balaban J connectivity index is 1.34. The van der Waals surface area contributed by atoms with E-state index in [0.717, 1.165) is 30.7 Å². The van der Waals surface area contributed by atoms with Crippen LogP contribution < -0.4 is 5.32 Å². The Morgan fingerprint density at radius 1 is 0.972 bits per heavy atom. The fourth-order valence-electron chi connectivity index (χ4n) is 4.12. The molecule has 1 fully saturated rings. The quantitative estimate of drug-likeness (QED) is 0.245. The summed E-state index contributed by atoms with van der Waals surface area (Å²) in [7, 11) is -3.78. The van der Waals surface area contributed by atoms with Gasteiger partial charge in [0.2, 0.25) is 0 Å². The number of carbonyl (C=O) groups is 1. The Morgan fingerprint density at radius 3 is 2.25 bits per heavy atom. The molecule has 0 saturated carbocycles. The smallest absolute Gasteiger partial charge is 0.301 e. The summed E-state index contributed by atoms with van der Waals surface area (Å²) in [6.45, 7) is 2.90. The molecule has 1 aliphatic heterocycles. The second-order valence-electron chi connectivity index (χ2n) is 8.52. The summed E-state index contributed by atoms with van der Waals surface area (Å²) >= 11 is 0.820. The average molecular weight is 529 g/mol. The second kappa shape index (κ2) is 11.7. The zero-order valence-electron chi connectivity index (χ0n) is 19.7. The SMILES string of the molecule is O=C(NC(c1ccc(S(=O)(=O)N2CCN(CCCc3ccccc3)CC2)s1)[N+](=O)[O-])c1ccccc1. The zero-order chi connectivity index (χ0) is 25.5. The number of nitrogens with zero attached hydrogens (tertiary/aromatic N) is 3. The van der Waals surface area contributed by atoms with E-state index < -0.39 is 27.0 Å². The van der Waals surface area contributed by atoms with Crippen LogP contribution in [0.25, 0.3) is 0 Å². The monoisotopic (exact) mass is 528 g/mol. The molecule has 3 aromatic rings. The number of carbonyl (C=O) groups excluding carboxylic acids is 1. The Labute approximate surface area is 214 Å². The molecule has 1 atom stereocenters. The van der Waals surface area contributed by atoms with Gasteiger partial charge < -0.3 is 4.90 Å². The van der Waals surface area contributed by atoms with Crippen molar-refractivity contribution in [1.82, 2.24) is 14.5 Å². The predicted molar refractivity (Wildman–Crippen MR) is 138 cm³/mol. The molecule has 9 nitrogen and oxygen atoms in total. The third kappa shape index (κ3) is 6.35. The van der Waals surface area contributed by atoms with Crippen LogP contribution in [0.1, 0.15) is 33.4 Å². The van der Waals surface area contributed by atoms with Gasteiger partial charge in [0.1, 0.15) is 9.09 Å². The average Bonchev–Trinajstić information content (AvgIpc) is 3.39.